The SMILES string of the molecule is CCN1C=CC(CC)(CC)C1(CC)N(N)C1C=CC=C1. The van der Waals surface area contributed by atoms with Gasteiger partial charge in [0.1, 0.15) is 5.66 Å². The Morgan fingerprint density at radius 1 is 1.05 bits per heavy atom. The highest BCUT2D eigenvalue weighted by molar-refractivity contribution is 5.26. The Balaban J connectivity index is 2.47. The maximum Gasteiger partial charge on any atom is 0.115 e. The molecule has 0 saturated carbocycles. The Morgan fingerprint density at radius 2 is 1.65 bits per heavy atom. The average molecular weight is 275 g/mol. The molecule has 0 bridgehead atoms. The minimum Gasteiger partial charge on any atom is -0.358 e. The molecule has 0 radical (unpaired) electrons. The van der Waals surface area contributed by atoms with E-state index in [1.807, 2.05) is 0 Å². The van der Waals surface area contributed by atoms with Gasteiger partial charge in [0.25, 0.3) is 0 Å². The summed E-state index contributed by atoms with van der Waals surface area (Å²) in [6.45, 7) is 10.0. The van der Waals surface area contributed by atoms with Gasteiger partial charge in [-0.15, -0.1) is 0 Å². The quantitative estimate of drug-likeness (QED) is 0.595. The molecule has 1 atom stereocenters. The molecule has 3 heteroatoms. The lowest BCUT2D eigenvalue weighted by atomic mass is 9.70. The summed E-state index contributed by atoms with van der Waals surface area (Å²) < 4.78 is 0. The summed E-state index contributed by atoms with van der Waals surface area (Å²) in [5.41, 5.74) is -0.00822. The Morgan fingerprint density at radius 3 is 2.10 bits per heavy atom. The van der Waals surface area contributed by atoms with Crippen LogP contribution in [-0.4, -0.2) is 28.2 Å². The molecular formula is C17H29N3. The zero-order valence-corrected chi connectivity index (χ0v) is 13.3. The van der Waals surface area contributed by atoms with Crippen molar-refractivity contribution in [2.75, 3.05) is 6.54 Å². The number of nitrogens with two attached hydrogens (primary N) is 1. The van der Waals surface area contributed by atoms with Crippen molar-refractivity contribution in [2.45, 2.75) is 58.7 Å². The molecule has 2 aliphatic rings. The monoisotopic (exact) mass is 275 g/mol. The number of hydrogen-bond acceptors (Lipinski definition) is 3. The molecule has 0 saturated heterocycles. The van der Waals surface area contributed by atoms with E-state index in [2.05, 4.69) is 74.2 Å². The molecule has 3 nitrogen and oxygen atoms in total. The second kappa shape index (κ2) is 5.74. The largest absolute Gasteiger partial charge is 0.358 e. The Kier molecular flexibility index (Phi) is 4.40. The smallest absolute Gasteiger partial charge is 0.115 e. The van der Waals surface area contributed by atoms with E-state index in [1.165, 1.54) is 0 Å². The first-order chi connectivity index (χ1) is 9.61. The van der Waals surface area contributed by atoms with Crippen molar-refractivity contribution in [1.29, 1.82) is 0 Å². The zero-order valence-electron chi connectivity index (χ0n) is 13.3. The van der Waals surface area contributed by atoms with Crippen LogP contribution >= 0.6 is 0 Å². The van der Waals surface area contributed by atoms with Gasteiger partial charge in [-0.3, -0.25) is 5.84 Å². The van der Waals surface area contributed by atoms with Gasteiger partial charge in [-0.2, -0.15) is 0 Å². The normalized spacial score (nSPS) is 28.2. The van der Waals surface area contributed by atoms with Crippen LogP contribution in [0.15, 0.2) is 36.6 Å². The highest BCUT2D eigenvalue weighted by atomic mass is 15.6. The van der Waals surface area contributed by atoms with E-state index in [9.17, 15) is 0 Å². The van der Waals surface area contributed by atoms with Gasteiger partial charge in [-0.1, -0.05) is 51.2 Å². The highest BCUT2D eigenvalue weighted by Gasteiger charge is 2.56. The highest BCUT2D eigenvalue weighted by Crippen LogP contribution is 2.51. The second-order valence-corrected chi connectivity index (χ2v) is 5.80. The molecule has 2 rings (SSSR count). The zero-order chi connectivity index (χ0) is 14.8. The van der Waals surface area contributed by atoms with Gasteiger partial charge in [0, 0.05) is 12.0 Å². The lowest BCUT2D eigenvalue weighted by Crippen LogP contribution is -2.69. The predicted octanol–water partition coefficient (Wildman–Crippen LogP) is 3.42. The molecule has 1 heterocycles. The van der Waals surface area contributed by atoms with Crippen molar-refractivity contribution in [1.82, 2.24) is 9.91 Å². The van der Waals surface area contributed by atoms with Crippen molar-refractivity contribution in [3.8, 4) is 0 Å². The summed E-state index contributed by atoms with van der Waals surface area (Å²) >= 11 is 0. The molecule has 0 fully saturated rings. The van der Waals surface area contributed by atoms with E-state index in [0.717, 1.165) is 25.8 Å². The number of rotatable bonds is 6. The van der Waals surface area contributed by atoms with Crippen LogP contribution in [-0.2, 0) is 0 Å². The number of allylic oxidation sites excluding steroid dienone is 2. The van der Waals surface area contributed by atoms with Crippen molar-refractivity contribution in [3.05, 3.63) is 36.6 Å². The molecule has 0 aromatic rings. The van der Waals surface area contributed by atoms with Crippen LogP contribution in [0.1, 0.15) is 47.0 Å². The lowest BCUT2D eigenvalue weighted by Gasteiger charge is -2.55. The van der Waals surface area contributed by atoms with Crippen LogP contribution in [0.2, 0.25) is 0 Å². The first-order valence-corrected chi connectivity index (χ1v) is 7.97. The van der Waals surface area contributed by atoms with Crippen LogP contribution < -0.4 is 5.84 Å². The molecule has 1 aliphatic heterocycles. The maximum atomic E-state index is 6.67. The van der Waals surface area contributed by atoms with E-state index in [0.29, 0.717) is 0 Å². The Labute approximate surface area is 123 Å². The molecule has 0 amide bonds. The van der Waals surface area contributed by atoms with Crippen molar-refractivity contribution < 1.29 is 0 Å². The first kappa shape index (κ1) is 15.3. The molecule has 1 unspecified atom stereocenters. The van der Waals surface area contributed by atoms with Gasteiger partial charge < -0.3 is 4.90 Å². The van der Waals surface area contributed by atoms with Gasteiger partial charge in [-0.25, -0.2) is 5.01 Å². The third-order valence-corrected chi connectivity index (χ3v) is 5.42. The van der Waals surface area contributed by atoms with Crippen molar-refractivity contribution >= 4 is 0 Å². The van der Waals surface area contributed by atoms with Gasteiger partial charge >= 0.3 is 0 Å². The predicted molar refractivity (Wildman–Crippen MR) is 85.7 cm³/mol. The minimum atomic E-state index is -0.130. The molecular weight excluding hydrogens is 246 g/mol. The summed E-state index contributed by atoms with van der Waals surface area (Å²) in [6, 6.07) is 0.196. The second-order valence-electron chi connectivity index (χ2n) is 5.80. The maximum absolute atomic E-state index is 6.67. The fourth-order valence-corrected chi connectivity index (χ4v) is 4.19. The van der Waals surface area contributed by atoms with Crippen LogP contribution in [0.3, 0.4) is 0 Å². The van der Waals surface area contributed by atoms with E-state index in [4.69, 9.17) is 5.84 Å². The molecule has 0 aromatic heterocycles. The number of nitrogens with zero attached hydrogens (tertiary/aromatic N) is 2. The van der Waals surface area contributed by atoms with Crippen molar-refractivity contribution in [3.63, 3.8) is 0 Å². The van der Waals surface area contributed by atoms with E-state index in [1.54, 1.807) is 0 Å². The van der Waals surface area contributed by atoms with Crippen LogP contribution in [0.4, 0.5) is 0 Å². The summed E-state index contributed by atoms with van der Waals surface area (Å²) in [6.07, 6.45) is 16.4. The third-order valence-electron chi connectivity index (χ3n) is 5.42. The topological polar surface area (TPSA) is 32.5 Å². The molecule has 0 spiro atoms. The molecule has 20 heavy (non-hydrogen) atoms. The third kappa shape index (κ3) is 1.87. The Bertz CT molecular complexity index is 408. The van der Waals surface area contributed by atoms with Crippen LogP contribution in [0.25, 0.3) is 0 Å². The number of hydrazine groups is 1. The van der Waals surface area contributed by atoms with Gasteiger partial charge in [-0.05, 0) is 32.4 Å². The molecule has 112 valence electrons. The summed E-state index contributed by atoms with van der Waals surface area (Å²) in [5, 5.41) is 2.09. The summed E-state index contributed by atoms with van der Waals surface area (Å²) in [4.78, 5) is 2.43. The average Bonchev–Trinajstić information content (AvgIpc) is 3.12. The van der Waals surface area contributed by atoms with Crippen LogP contribution in [0.5, 0.6) is 0 Å². The van der Waals surface area contributed by atoms with E-state index in [-0.39, 0.29) is 17.1 Å². The summed E-state index contributed by atoms with van der Waals surface area (Å²) in [5.74, 6) is 6.67. The van der Waals surface area contributed by atoms with Gasteiger partial charge in [0.2, 0.25) is 0 Å². The van der Waals surface area contributed by atoms with Crippen LogP contribution in [0, 0.1) is 5.41 Å². The van der Waals surface area contributed by atoms with Gasteiger partial charge in [0.05, 0.1) is 6.04 Å². The first-order valence-electron chi connectivity index (χ1n) is 7.97. The summed E-state index contributed by atoms with van der Waals surface area (Å²) in [7, 11) is 0. The standard InChI is InChI=1S/C17H29N3/c1-5-16(6-2)13-14-19(8-4)17(16,7-3)20(18)15-11-9-10-12-15/h9-15H,5-8,18H2,1-4H3. The minimum absolute atomic E-state index is 0.122. The molecule has 1 aliphatic carbocycles. The lowest BCUT2D eigenvalue weighted by molar-refractivity contribution is -0.107. The van der Waals surface area contributed by atoms with Crippen molar-refractivity contribution in [2.24, 2.45) is 11.3 Å². The van der Waals surface area contributed by atoms with E-state index < -0.39 is 0 Å². The Hall–Kier alpha value is -1.06. The van der Waals surface area contributed by atoms with Gasteiger partial charge in [0.15, 0.2) is 0 Å². The number of hydrogen-bond donors (Lipinski definition) is 1. The molecule has 2 N–H and O–H groups in total. The fraction of sp³-hybridized carbons (Fsp3) is 0.647. The van der Waals surface area contributed by atoms with E-state index >= 15 is 0 Å². The fourth-order valence-electron chi connectivity index (χ4n) is 4.19. The molecule has 0 aromatic carbocycles.